The van der Waals surface area contributed by atoms with Crippen LogP contribution in [0.2, 0.25) is 0 Å². The zero-order valence-corrected chi connectivity index (χ0v) is 12.0. The Labute approximate surface area is 115 Å². The average molecular weight is 266 g/mol. The van der Waals surface area contributed by atoms with Crippen LogP contribution in [0.1, 0.15) is 58.3 Å². The van der Waals surface area contributed by atoms with E-state index in [2.05, 4.69) is 5.32 Å². The average Bonchev–Trinajstić information content (AvgIpc) is 2.67. The number of rotatable bonds is 2. The minimum absolute atomic E-state index is 0.0357. The maximum Gasteiger partial charge on any atom is 0.225 e. The zero-order chi connectivity index (χ0) is 13.7. The summed E-state index contributed by atoms with van der Waals surface area (Å²) in [5.74, 6) is 0.663. The topological polar surface area (TPSA) is 49.4 Å². The number of likely N-dealkylation sites (tertiary alicyclic amines) is 1. The smallest absolute Gasteiger partial charge is 0.225 e. The van der Waals surface area contributed by atoms with Gasteiger partial charge in [0.15, 0.2) is 0 Å². The Morgan fingerprint density at radius 1 is 0.947 bits per heavy atom. The monoisotopic (exact) mass is 266 g/mol. The van der Waals surface area contributed by atoms with Gasteiger partial charge in [0.25, 0.3) is 0 Å². The Kier molecular flexibility index (Phi) is 5.23. The molecule has 4 heteroatoms. The Bertz CT molecular complexity index is 314. The second-order valence-electron chi connectivity index (χ2n) is 5.99. The third kappa shape index (κ3) is 4.22. The van der Waals surface area contributed by atoms with Crippen LogP contribution in [0.3, 0.4) is 0 Å². The normalized spacial score (nSPS) is 22.9. The first kappa shape index (κ1) is 14.4. The summed E-state index contributed by atoms with van der Waals surface area (Å²) in [6.45, 7) is 3.17. The van der Waals surface area contributed by atoms with E-state index in [0.29, 0.717) is 5.91 Å². The summed E-state index contributed by atoms with van der Waals surface area (Å²) >= 11 is 0. The van der Waals surface area contributed by atoms with Gasteiger partial charge in [-0.3, -0.25) is 9.59 Å². The highest BCUT2D eigenvalue weighted by Gasteiger charge is 2.28. The number of carbonyl (C=O) groups excluding carboxylic acids is 2. The molecule has 2 fully saturated rings. The van der Waals surface area contributed by atoms with Crippen molar-refractivity contribution >= 4 is 11.8 Å². The van der Waals surface area contributed by atoms with E-state index in [0.717, 1.165) is 38.8 Å². The summed E-state index contributed by atoms with van der Waals surface area (Å²) in [4.78, 5) is 25.5. The Morgan fingerprint density at radius 3 is 2.05 bits per heavy atom. The number of piperidine rings is 1. The summed E-state index contributed by atoms with van der Waals surface area (Å²) in [5, 5.41) is 2.95. The van der Waals surface area contributed by atoms with Crippen molar-refractivity contribution in [1.82, 2.24) is 10.2 Å². The number of nitrogens with one attached hydrogen (secondary N) is 1. The Balaban J connectivity index is 1.79. The van der Waals surface area contributed by atoms with Gasteiger partial charge in [-0.1, -0.05) is 25.7 Å². The van der Waals surface area contributed by atoms with E-state index < -0.39 is 0 Å². The van der Waals surface area contributed by atoms with E-state index in [1.807, 2.05) is 4.90 Å². The molecular formula is C15H26N2O2. The first-order chi connectivity index (χ1) is 9.16. The van der Waals surface area contributed by atoms with E-state index in [9.17, 15) is 9.59 Å². The molecule has 19 heavy (non-hydrogen) atoms. The molecule has 0 aromatic rings. The standard InChI is InChI=1S/C15H26N2O2/c1-12(18)16-14-8-10-17(11-9-14)15(19)13-6-4-2-3-5-7-13/h13-14H,2-11H2,1H3,(H,16,18). The van der Waals surface area contributed by atoms with E-state index in [1.165, 1.54) is 25.7 Å². The van der Waals surface area contributed by atoms with Crippen LogP contribution in [0.5, 0.6) is 0 Å². The maximum absolute atomic E-state index is 12.5. The molecule has 0 aromatic heterocycles. The molecule has 4 nitrogen and oxygen atoms in total. The molecule has 2 aliphatic rings. The summed E-state index contributed by atoms with van der Waals surface area (Å²) < 4.78 is 0. The Morgan fingerprint density at radius 2 is 1.53 bits per heavy atom. The largest absolute Gasteiger partial charge is 0.353 e. The van der Waals surface area contributed by atoms with Crippen LogP contribution < -0.4 is 5.32 Å². The van der Waals surface area contributed by atoms with Gasteiger partial charge in [0.1, 0.15) is 0 Å². The van der Waals surface area contributed by atoms with Crippen LogP contribution in [-0.2, 0) is 9.59 Å². The molecule has 1 saturated carbocycles. The minimum atomic E-state index is 0.0357. The summed E-state index contributed by atoms with van der Waals surface area (Å²) in [5.41, 5.74) is 0. The van der Waals surface area contributed by atoms with Gasteiger partial charge >= 0.3 is 0 Å². The first-order valence-electron chi connectivity index (χ1n) is 7.72. The molecule has 108 valence electrons. The van der Waals surface area contributed by atoms with Gasteiger partial charge in [0.2, 0.25) is 11.8 Å². The van der Waals surface area contributed by atoms with Crippen LogP contribution in [0.25, 0.3) is 0 Å². The molecule has 0 aromatic carbocycles. The highest BCUT2D eigenvalue weighted by Crippen LogP contribution is 2.25. The van der Waals surface area contributed by atoms with Crippen LogP contribution in [-0.4, -0.2) is 35.8 Å². The molecule has 1 heterocycles. The highest BCUT2D eigenvalue weighted by atomic mass is 16.2. The number of nitrogens with zero attached hydrogens (tertiary/aromatic N) is 1. The number of hydrogen-bond donors (Lipinski definition) is 1. The lowest BCUT2D eigenvalue weighted by Crippen LogP contribution is -2.47. The number of amides is 2. The van der Waals surface area contributed by atoms with Crippen molar-refractivity contribution in [2.45, 2.75) is 64.3 Å². The fraction of sp³-hybridized carbons (Fsp3) is 0.867. The third-order valence-electron chi connectivity index (χ3n) is 4.42. The van der Waals surface area contributed by atoms with Gasteiger partial charge in [-0.15, -0.1) is 0 Å². The maximum atomic E-state index is 12.5. The quantitative estimate of drug-likeness (QED) is 0.778. The predicted molar refractivity (Wildman–Crippen MR) is 74.6 cm³/mol. The summed E-state index contributed by atoms with van der Waals surface area (Å²) in [6.07, 6.45) is 8.94. The lowest BCUT2D eigenvalue weighted by molar-refractivity contribution is -0.137. The molecule has 0 radical (unpaired) electrons. The lowest BCUT2D eigenvalue weighted by Gasteiger charge is -2.34. The van der Waals surface area contributed by atoms with Gasteiger partial charge < -0.3 is 10.2 Å². The fourth-order valence-electron chi connectivity index (χ4n) is 3.32. The second kappa shape index (κ2) is 6.92. The van der Waals surface area contributed by atoms with Crippen molar-refractivity contribution in [3.63, 3.8) is 0 Å². The molecule has 0 spiro atoms. The zero-order valence-electron chi connectivity index (χ0n) is 12.0. The van der Waals surface area contributed by atoms with Crippen LogP contribution >= 0.6 is 0 Å². The number of carbonyl (C=O) groups is 2. The minimum Gasteiger partial charge on any atom is -0.353 e. The number of hydrogen-bond acceptors (Lipinski definition) is 2. The van der Waals surface area contributed by atoms with Gasteiger partial charge in [-0.2, -0.15) is 0 Å². The van der Waals surface area contributed by atoms with Crippen LogP contribution in [0.15, 0.2) is 0 Å². The van der Waals surface area contributed by atoms with Crippen molar-refractivity contribution in [2.24, 2.45) is 5.92 Å². The lowest BCUT2D eigenvalue weighted by atomic mass is 9.96. The highest BCUT2D eigenvalue weighted by molar-refractivity contribution is 5.79. The SMILES string of the molecule is CC(=O)NC1CCN(C(=O)C2CCCCCC2)CC1. The molecule has 1 N–H and O–H groups in total. The summed E-state index contributed by atoms with van der Waals surface area (Å²) in [7, 11) is 0. The molecular weight excluding hydrogens is 240 g/mol. The van der Waals surface area contributed by atoms with Crippen molar-refractivity contribution < 1.29 is 9.59 Å². The van der Waals surface area contributed by atoms with Crippen LogP contribution in [0.4, 0.5) is 0 Å². The molecule has 0 atom stereocenters. The predicted octanol–water partition coefficient (Wildman–Crippen LogP) is 2.08. The van der Waals surface area contributed by atoms with E-state index in [-0.39, 0.29) is 17.9 Å². The Hall–Kier alpha value is -1.06. The third-order valence-corrected chi connectivity index (χ3v) is 4.42. The van der Waals surface area contributed by atoms with E-state index in [1.54, 1.807) is 6.92 Å². The molecule has 1 saturated heterocycles. The van der Waals surface area contributed by atoms with Crippen molar-refractivity contribution in [3.8, 4) is 0 Å². The van der Waals surface area contributed by atoms with Gasteiger partial charge in [0.05, 0.1) is 0 Å². The second-order valence-corrected chi connectivity index (χ2v) is 5.99. The van der Waals surface area contributed by atoms with Crippen molar-refractivity contribution in [1.29, 1.82) is 0 Å². The molecule has 1 aliphatic heterocycles. The van der Waals surface area contributed by atoms with E-state index in [4.69, 9.17) is 0 Å². The molecule has 2 amide bonds. The first-order valence-corrected chi connectivity index (χ1v) is 7.72. The molecule has 0 bridgehead atoms. The molecule has 0 unspecified atom stereocenters. The van der Waals surface area contributed by atoms with Gasteiger partial charge in [-0.05, 0) is 25.7 Å². The molecule has 1 aliphatic carbocycles. The fourth-order valence-corrected chi connectivity index (χ4v) is 3.32. The van der Waals surface area contributed by atoms with Crippen molar-refractivity contribution in [2.75, 3.05) is 13.1 Å². The van der Waals surface area contributed by atoms with Crippen molar-refractivity contribution in [3.05, 3.63) is 0 Å². The van der Waals surface area contributed by atoms with Gasteiger partial charge in [0, 0.05) is 32.0 Å². The van der Waals surface area contributed by atoms with E-state index >= 15 is 0 Å². The molecule has 2 rings (SSSR count). The van der Waals surface area contributed by atoms with Crippen LogP contribution in [0, 0.1) is 5.92 Å². The van der Waals surface area contributed by atoms with Gasteiger partial charge in [-0.25, -0.2) is 0 Å². The summed E-state index contributed by atoms with van der Waals surface area (Å²) in [6, 6.07) is 0.260.